The third-order valence-corrected chi connectivity index (χ3v) is 6.64. The standard InChI is InChI=1S/C20H27BrO2/c1-5-16(21)7-6-8-19-11-15(4)18(12-19)20(22-9-10-23-20)13-17(19)14(2)3/h5,7,17-18H,1-2,4,6,8-13H2,3H3/b16-7-/t17-,18+,19+/m0/s1. The first-order valence-electron chi connectivity index (χ1n) is 8.51. The molecule has 0 radical (unpaired) electrons. The van der Waals surface area contributed by atoms with Gasteiger partial charge < -0.3 is 9.47 Å². The number of fused-ring (bicyclic) bond motifs is 3. The Kier molecular flexibility index (Phi) is 4.74. The average molecular weight is 379 g/mol. The summed E-state index contributed by atoms with van der Waals surface area (Å²) in [6.07, 6.45) is 9.38. The lowest BCUT2D eigenvalue weighted by molar-refractivity contribution is -0.218. The Morgan fingerprint density at radius 3 is 2.65 bits per heavy atom. The van der Waals surface area contributed by atoms with E-state index in [2.05, 4.69) is 48.7 Å². The van der Waals surface area contributed by atoms with Gasteiger partial charge in [-0.15, -0.1) is 0 Å². The molecule has 3 rings (SSSR count). The van der Waals surface area contributed by atoms with E-state index in [0.717, 1.165) is 36.6 Å². The highest BCUT2D eigenvalue weighted by atomic mass is 79.9. The Hall–Kier alpha value is -0.640. The summed E-state index contributed by atoms with van der Waals surface area (Å²) in [5.74, 6) is 0.345. The maximum Gasteiger partial charge on any atom is 0.175 e. The van der Waals surface area contributed by atoms with Gasteiger partial charge in [0.25, 0.3) is 0 Å². The molecule has 3 fully saturated rings. The van der Waals surface area contributed by atoms with Crippen LogP contribution in [0, 0.1) is 17.3 Å². The van der Waals surface area contributed by atoms with Gasteiger partial charge in [0.15, 0.2) is 5.79 Å². The van der Waals surface area contributed by atoms with Crippen molar-refractivity contribution in [3.8, 4) is 0 Å². The molecule has 0 N–H and O–H groups in total. The van der Waals surface area contributed by atoms with Gasteiger partial charge in [-0.25, -0.2) is 0 Å². The van der Waals surface area contributed by atoms with E-state index in [4.69, 9.17) is 9.47 Å². The van der Waals surface area contributed by atoms with Crippen LogP contribution in [-0.2, 0) is 9.47 Å². The smallest absolute Gasteiger partial charge is 0.175 e. The van der Waals surface area contributed by atoms with Crippen LogP contribution in [0.25, 0.3) is 0 Å². The van der Waals surface area contributed by atoms with Crippen molar-refractivity contribution in [2.45, 2.75) is 44.8 Å². The van der Waals surface area contributed by atoms with Crippen molar-refractivity contribution >= 4 is 15.9 Å². The molecule has 1 spiro atoms. The van der Waals surface area contributed by atoms with E-state index in [1.165, 1.54) is 11.1 Å². The Labute approximate surface area is 148 Å². The molecule has 0 unspecified atom stereocenters. The minimum absolute atomic E-state index is 0.263. The molecule has 1 heterocycles. The van der Waals surface area contributed by atoms with Crippen molar-refractivity contribution in [2.24, 2.45) is 17.3 Å². The second-order valence-corrected chi connectivity index (χ2v) is 8.31. The third kappa shape index (κ3) is 2.92. The van der Waals surface area contributed by atoms with Gasteiger partial charge in [-0.05, 0) is 43.9 Å². The van der Waals surface area contributed by atoms with Gasteiger partial charge in [0.05, 0.1) is 13.2 Å². The molecule has 3 atom stereocenters. The molecule has 0 amide bonds. The van der Waals surface area contributed by atoms with Crippen LogP contribution in [-0.4, -0.2) is 19.0 Å². The molecule has 2 nitrogen and oxygen atoms in total. The first-order chi connectivity index (χ1) is 10.9. The summed E-state index contributed by atoms with van der Waals surface area (Å²) in [5, 5.41) is 0. The van der Waals surface area contributed by atoms with Crippen molar-refractivity contribution in [1.29, 1.82) is 0 Å². The van der Waals surface area contributed by atoms with E-state index in [-0.39, 0.29) is 5.41 Å². The predicted molar refractivity (Wildman–Crippen MR) is 98.3 cm³/mol. The minimum atomic E-state index is -0.432. The second kappa shape index (κ2) is 6.34. The maximum absolute atomic E-state index is 6.11. The third-order valence-electron chi connectivity index (χ3n) is 5.99. The number of allylic oxidation sites excluding steroid dienone is 4. The van der Waals surface area contributed by atoms with Crippen LogP contribution in [0.2, 0.25) is 0 Å². The van der Waals surface area contributed by atoms with Crippen molar-refractivity contribution in [3.05, 3.63) is 47.5 Å². The molecule has 1 saturated heterocycles. The maximum atomic E-state index is 6.11. The highest BCUT2D eigenvalue weighted by Gasteiger charge is 2.61. The van der Waals surface area contributed by atoms with Gasteiger partial charge in [0.1, 0.15) is 0 Å². The first-order valence-corrected chi connectivity index (χ1v) is 9.31. The van der Waals surface area contributed by atoms with E-state index >= 15 is 0 Å². The van der Waals surface area contributed by atoms with E-state index in [1.54, 1.807) is 0 Å². The van der Waals surface area contributed by atoms with Crippen LogP contribution in [0.15, 0.2) is 47.5 Å². The Bertz CT molecular complexity index is 556. The molecule has 0 aromatic carbocycles. The van der Waals surface area contributed by atoms with Crippen LogP contribution in [0.5, 0.6) is 0 Å². The van der Waals surface area contributed by atoms with Crippen LogP contribution in [0.3, 0.4) is 0 Å². The SMILES string of the molecule is C=C/C(Br)=C/CC[C@@]12CC(=C)[C@@H](C1)C1(C[C@H]2C(=C)C)OCCO1. The molecule has 0 aromatic rings. The monoisotopic (exact) mass is 378 g/mol. The lowest BCUT2D eigenvalue weighted by Gasteiger charge is -2.48. The number of hydrogen-bond acceptors (Lipinski definition) is 2. The summed E-state index contributed by atoms with van der Waals surface area (Å²) in [6.45, 7) is 16.0. The Morgan fingerprint density at radius 2 is 2.04 bits per heavy atom. The van der Waals surface area contributed by atoms with Gasteiger partial charge in [-0.1, -0.05) is 59.0 Å². The molecule has 2 aliphatic carbocycles. The highest BCUT2D eigenvalue weighted by Crippen LogP contribution is 2.65. The van der Waals surface area contributed by atoms with Crippen LogP contribution >= 0.6 is 15.9 Å². The van der Waals surface area contributed by atoms with E-state index < -0.39 is 5.79 Å². The fourth-order valence-corrected chi connectivity index (χ4v) is 5.23. The van der Waals surface area contributed by atoms with Crippen molar-refractivity contribution in [3.63, 3.8) is 0 Å². The zero-order valence-corrected chi connectivity index (χ0v) is 15.7. The van der Waals surface area contributed by atoms with Gasteiger partial charge >= 0.3 is 0 Å². The Balaban J connectivity index is 1.86. The molecule has 1 aliphatic heterocycles. The average Bonchev–Trinajstić information content (AvgIpc) is 3.08. The summed E-state index contributed by atoms with van der Waals surface area (Å²) in [6, 6.07) is 0. The van der Waals surface area contributed by atoms with Crippen LogP contribution in [0.1, 0.15) is 39.0 Å². The molecule has 2 bridgehead atoms. The minimum Gasteiger partial charge on any atom is -0.347 e. The van der Waals surface area contributed by atoms with Crippen LogP contribution < -0.4 is 0 Å². The van der Waals surface area contributed by atoms with Crippen molar-refractivity contribution in [1.82, 2.24) is 0 Å². The predicted octanol–water partition coefficient (Wildman–Crippen LogP) is 5.52. The topological polar surface area (TPSA) is 18.5 Å². The molecular formula is C20H27BrO2. The fourth-order valence-electron chi connectivity index (χ4n) is 5.01. The largest absolute Gasteiger partial charge is 0.347 e. The second-order valence-electron chi connectivity index (χ2n) is 7.40. The molecule has 23 heavy (non-hydrogen) atoms. The number of hydrogen-bond donors (Lipinski definition) is 0. The summed E-state index contributed by atoms with van der Waals surface area (Å²) >= 11 is 3.52. The lowest BCUT2D eigenvalue weighted by atomic mass is 9.61. The van der Waals surface area contributed by atoms with E-state index in [0.29, 0.717) is 25.0 Å². The molecule has 3 aliphatic rings. The molecular weight excluding hydrogens is 352 g/mol. The first kappa shape index (κ1) is 17.2. The molecule has 3 heteroatoms. The Morgan fingerprint density at radius 1 is 1.35 bits per heavy atom. The number of halogens is 1. The zero-order chi connectivity index (χ0) is 16.7. The summed E-state index contributed by atoms with van der Waals surface area (Å²) in [7, 11) is 0. The van der Waals surface area contributed by atoms with E-state index in [9.17, 15) is 0 Å². The summed E-state index contributed by atoms with van der Waals surface area (Å²) in [4.78, 5) is 0. The molecule has 126 valence electrons. The molecule has 2 saturated carbocycles. The van der Waals surface area contributed by atoms with Gasteiger partial charge in [-0.3, -0.25) is 0 Å². The number of rotatable bonds is 5. The fraction of sp³-hybridized carbons (Fsp3) is 0.600. The van der Waals surface area contributed by atoms with E-state index in [1.807, 2.05) is 6.08 Å². The summed E-state index contributed by atoms with van der Waals surface area (Å²) < 4.78 is 13.3. The lowest BCUT2D eigenvalue weighted by Crippen LogP contribution is -2.48. The van der Waals surface area contributed by atoms with Gasteiger partial charge in [0.2, 0.25) is 0 Å². The molecule has 0 aromatic heterocycles. The summed E-state index contributed by atoms with van der Waals surface area (Å²) in [5.41, 5.74) is 2.82. The van der Waals surface area contributed by atoms with Crippen molar-refractivity contribution in [2.75, 3.05) is 13.2 Å². The highest BCUT2D eigenvalue weighted by molar-refractivity contribution is 9.11. The van der Waals surface area contributed by atoms with Gasteiger partial charge in [-0.2, -0.15) is 0 Å². The van der Waals surface area contributed by atoms with Gasteiger partial charge in [0, 0.05) is 16.8 Å². The number of ether oxygens (including phenoxy) is 2. The quantitative estimate of drug-likeness (QED) is 0.462. The van der Waals surface area contributed by atoms with Crippen LogP contribution in [0.4, 0.5) is 0 Å². The normalized spacial score (nSPS) is 35.7. The zero-order valence-electron chi connectivity index (χ0n) is 14.1. The van der Waals surface area contributed by atoms with Crippen molar-refractivity contribution < 1.29 is 9.47 Å².